The molecule has 2 N–H and O–H groups in total. The normalized spacial score (nSPS) is 10.6. The van der Waals surface area contributed by atoms with Gasteiger partial charge in [-0.3, -0.25) is 9.59 Å². The number of hydrogen-bond donors (Lipinski definition) is 2. The van der Waals surface area contributed by atoms with Crippen LogP contribution in [0.4, 0.5) is 5.82 Å². The number of benzene rings is 1. The summed E-state index contributed by atoms with van der Waals surface area (Å²) in [7, 11) is 0. The van der Waals surface area contributed by atoms with Crippen LogP contribution in [0.5, 0.6) is 0 Å². The molecule has 0 saturated heterocycles. The Labute approximate surface area is 165 Å². The summed E-state index contributed by atoms with van der Waals surface area (Å²) in [6, 6.07) is 9.68. The molecule has 11 heteroatoms. The molecule has 0 aliphatic rings. The van der Waals surface area contributed by atoms with Crippen LogP contribution in [0.2, 0.25) is 0 Å². The van der Waals surface area contributed by atoms with E-state index in [0.717, 1.165) is 5.56 Å². The Balaban J connectivity index is 1.65. The van der Waals surface area contributed by atoms with E-state index in [-0.39, 0.29) is 29.1 Å². The zero-order chi connectivity index (χ0) is 19.9. The molecule has 0 aliphatic carbocycles. The van der Waals surface area contributed by atoms with Gasteiger partial charge in [-0.25, -0.2) is 4.63 Å². The number of amides is 2. The second kappa shape index (κ2) is 9.13. The van der Waals surface area contributed by atoms with Gasteiger partial charge in [0.2, 0.25) is 17.6 Å². The predicted octanol–water partition coefficient (Wildman–Crippen LogP) is 1.71. The first-order valence-corrected chi connectivity index (χ1v) is 9.54. The molecule has 0 spiro atoms. The van der Waals surface area contributed by atoms with Crippen molar-refractivity contribution in [3.63, 3.8) is 0 Å². The van der Waals surface area contributed by atoms with Gasteiger partial charge in [-0.2, -0.15) is 0 Å². The minimum Gasteiger partial charge on any atom is -0.351 e. The minimum absolute atomic E-state index is 0.108. The van der Waals surface area contributed by atoms with Gasteiger partial charge in [-0.15, -0.1) is 10.2 Å². The Bertz CT molecular complexity index is 955. The van der Waals surface area contributed by atoms with E-state index in [2.05, 4.69) is 31.1 Å². The quantitative estimate of drug-likeness (QED) is 0.546. The van der Waals surface area contributed by atoms with Gasteiger partial charge in [0.25, 0.3) is 0 Å². The van der Waals surface area contributed by atoms with E-state index in [9.17, 15) is 9.59 Å². The molecule has 3 rings (SSSR count). The second-order valence-electron chi connectivity index (χ2n) is 5.74. The molecule has 0 fully saturated rings. The lowest BCUT2D eigenvalue weighted by Crippen LogP contribution is -2.24. The van der Waals surface area contributed by atoms with Gasteiger partial charge < -0.3 is 15.2 Å². The molecule has 10 nitrogen and oxygen atoms in total. The molecule has 0 saturated carbocycles. The van der Waals surface area contributed by atoms with Gasteiger partial charge >= 0.3 is 0 Å². The molecule has 0 atom stereocenters. The van der Waals surface area contributed by atoms with Gasteiger partial charge in [0.15, 0.2) is 16.7 Å². The summed E-state index contributed by atoms with van der Waals surface area (Å²) in [6.45, 7) is 4.29. The first-order valence-electron chi connectivity index (χ1n) is 8.55. The smallest absolute Gasteiger partial charge is 0.230 e. The van der Waals surface area contributed by atoms with Crippen LogP contribution in [0.3, 0.4) is 0 Å². The summed E-state index contributed by atoms with van der Waals surface area (Å²) in [5.41, 5.74) is 1.31. The third-order valence-electron chi connectivity index (χ3n) is 3.69. The summed E-state index contributed by atoms with van der Waals surface area (Å²) < 4.78 is 6.49. The molecule has 0 radical (unpaired) electrons. The number of rotatable bonds is 8. The first kappa shape index (κ1) is 19.5. The zero-order valence-electron chi connectivity index (χ0n) is 15.4. The number of aromatic nitrogens is 5. The Morgan fingerprint density at radius 3 is 2.68 bits per heavy atom. The van der Waals surface area contributed by atoms with Crippen LogP contribution < -0.4 is 10.6 Å². The fourth-order valence-corrected chi connectivity index (χ4v) is 3.25. The highest BCUT2D eigenvalue weighted by Crippen LogP contribution is 2.26. The summed E-state index contributed by atoms with van der Waals surface area (Å²) in [4.78, 5) is 23.4. The Kier molecular flexibility index (Phi) is 6.37. The van der Waals surface area contributed by atoms with Crippen LogP contribution in [0.1, 0.15) is 19.4 Å². The van der Waals surface area contributed by atoms with Gasteiger partial charge in [0.1, 0.15) is 0 Å². The molecular weight excluding hydrogens is 382 g/mol. The van der Waals surface area contributed by atoms with Crippen molar-refractivity contribution in [3.8, 4) is 11.5 Å². The molecule has 2 amide bonds. The molecule has 0 aliphatic heterocycles. The van der Waals surface area contributed by atoms with Gasteiger partial charge in [0, 0.05) is 20.0 Å². The van der Waals surface area contributed by atoms with Crippen molar-refractivity contribution in [2.75, 3.05) is 11.1 Å². The molecule has 2 heterocycles. The highest BCUT2D eigenvalue weighted by molar-refractivity contribution is 7.99. The van der Waals surface area contributed by atoms with Crippen molar-refractivity contribution >= 4 is 29.4 Å². The van der Waals surface area contributed by atoms with Gasteiger partial charge in [-0.1, -0.05) is 42.1 Å². The molecular formula is C17H19N7O3S. The molecule has 0 bridgehead atoms. The fourth-order valence-electron chi connectivity index (χ4n) is 2.42. The number of hydrogen-bond acceptors (Lipinski definition) is 8. The van der Waals surface area contributed by atoms with Crippen LogP contribution in [0.15, 0.2) is 40.1 Å². The monoisotopic (exact) mass is 401 g/mol. The lowest BCUT2D eigenvalue weighted by atomic mass is 10.2. The van der Waals surface area contributed by atoms with Crippen molar-refractivity contribution in [3.05, 3.63) is 35.9 Å². The van der Waals surface area contributed by atoms with E-state index in [1.54, 1.807) is 4.57 Å². The fraction of sp³-hybridized carbons (Fsp3) is 0.294. The molecule has 0 unspecified atom stereocenters. The summed E-state index contributed by atoms with van der Waals surface area (Å²) in [5, 5.41) is 21.7. The maximum atomic E-state index is 12.1. The number of anilines is 1. The lowest BCUT2D eigenvalue weighted by Gasteiger charge is -2.07. The van der Waals surface area contributed by atoms with E-state index in [1.165, 1.54) is 18.7 Å². The average molecular weight is 401 g/mol. The van der Waals surface area contributed by atoms with Gasteiger partial charge in [-0.05, 0) is 22.8 Å². The largest absolute Gasteiger partial charge is 0.351 e. The Morgan fingerprint density at radius 2 is 1.96 bits per heavy atom. The maximum Gasteiger partial charge on any atom is 0.230 e. The van der Waals surface area contributed by atoms with Crippen molar-refractivity contribution in [1.82, 2.24) is 30.4 Å². The van der Waals surface area contributed by atoms with Crippen LogP contribution in [-0.2, 0) is 22.7 Å². The van der Waals surface area contributed by atoms with E-state index in [4.69, 9.17) is 4.63 Å². The summed E-state index contributed by atoms with van der Waals surface area (Å²) >= 11 is 1.26. The molecule has 28 heavy (non-hydrogen) atoms. The van der Waals surface area contributed by atoms with E-state index in [0.29, 0.717) is 24.1 Å². The van der Waals surface area contributed by atoms with Crippen LogP contribution >= 0.6 is 11.8 Å². The molecule has 1 aromatic carbocycles. The SMILES string of the molecule is CCn1c(SCC(=O)NCc2ccccc2)nnc1-c1nonc1NC(C)=O. The van der Waals surface area contributed by atoms with Crippen molar-refractivity contribution in [2.24, 2.45) is 0 Å². The highest BCUT2D eigenvalue weighted by atomic mass is 32.2. The van der Waals surface area contributed by atoms with E-state index in [1.807, 2.05) is 37.3 Å². The summed E-state index contributed by atoms with van der Waals surface area (Å²) in [5.74, 6) is 0.361. The summed E-state index contributed by atoms with van der Waals surface area (Å²) in [6.07, 6.45) is 0. The predicted molar refractivity (Wildman–Crippen MR) is 102 cm³/mol. The number of carbonyl (C=O) groups excluding carboxylic acids is 2. The maximum absolute atomic E-state index is 12.1. The van der Waals surface area contributed by atoms with E-state index < -0.39 is 0 Å². The van der Waals surface area contributed by atoms with Crippen molar-refractivity contribution < 1.29 is 14.2 Å². The number of thioether (sulfide) groups is 1. The molecule has 3 aromatic rings. The highest BCUT2D eigenvalue weighted by Gasteiger charge is 2.22. The third-order valence-corrected chi connectivity index (χ3v) is 4.66. The number of nitrogens with one attached hydrogen (secondary N) is 2. The van der Waals surface area contributed by atoms with Crippen molar-refractivity contribution in [1.29, 1.82) is 0 Å². The first-order chi connectivity index (χ1) is 13.6. The molecule has 2 aromatic heterocycles. The van der Waals surface area contributed by atoms with Gasteiger partial charge in [0.05, 0.1) is 5.75 Å². The van der Waals surface area contributed by atoms with E-state index >= 15 is 0 Å². The minimum atomic E-state index is -0.302. The van der Waals surface area contributed by atoms with Crippen molar-refractivity contribution in [2.45, 2.75) is 32.1 Å². The van der Waals surface area contributed by atoms with Crippen LogP contribution in [0, 0.1) is 0 Å². The Hall–Kier alpha value is -3.21. The topological polar surface area (TPSA) is 128 Å². The number of nitrogens with zero attached hydrogens (tertiary/aromatic N) is 5. The standard InChI is InChI=1S/C17H19N7O3S/c1-3-24-16(14-15(19-11(2)25)23-27-22-14)20-21-17(24)28-10-13(26)18-9-12-7-5-4-6-8-12/h4-8H,3,9-10H2,1-2H3,(H,18,26)(H,19,23,25). The Morgan fingerprint density at radius 1 is 1.18 bits per heavy atom. The number of carbonyl (C=O) groups is 2. The van der Waals surface area contributed by atoms with Crippen LogP contribution in [-0.4, -0.2) is 42.6 Å². The lowest BCUT2D eigenvalue weighted by molar-refractivity contribution is -0.118. The third kappa shape index (κ3) is 4.74. The average Bonchev–Trinajstić information content (AvgIpc) is 3.30. The second-order valence-corrected chi connectivity index (χ2v) is 6.69. The van der Waals surface area contributed by atoms with Crippen LogP contribution in [0.25, 0.3) is 11.5 Å². The molecule has 146 valence electrons. The zero-order valence-corrected chi connectivity index (χ0v) is 16.2.